The van der Waals surface area contributed by atoms with Crippen LogP contribution in [0.15, 0.2) is 24.3 Å². The van der Waals surface area contributed by atoms with E-state index in [1.165, 1.54) is 0 Å². The Labute approximate surface area is 149 Å². The predicted molar refractivity (Wildman–Crippen MR) is 96.5 cm³/mol. The number of nitrogens with one attached hydrogen (secondary N) is 2. The van der Waals surface area contributed by atoms with Gasteiger partial charge in [-0.25, -0.2) is 4.79 Å². The summed E-state index contributed by atoms with van der Waals surface area (Å²) in [5, 5.41) is 14.1. The Morgan fingerprint density at radius 3 is 2.08 bits per heavy atom. The average Bonchev–Trinajstić information content (AvgIpc) is 2.50. The molecule has 0 aliphatic rings. The lowest BCUT2D eigenvalue weighted by atomic mass is 9.87. The zero-order valence-corrected chi connectivity index (χ0v) is 15.6. The molecule has 2 amide bonds. The minimum atomic E-state index is -1.08. The van der Waals surface area contributed by atoms with Crippen LogP contribution in [0.1, 0.15) is 57.0 Å². The smallest absolute Gasteiger partial charge is 0.326 e. The highest BCUT2D eigenvalue weighted by Crippen LogP contribution is 2.22. The van der Waals surface area contributed by atoms with Crippen molar-refractivity contribution in [2.45, 2.75) is 52.5 Å². The van der Waals surface area contributed by atoms with Crippen molar-refractivity contribution < 1.29 is 19.5 Å². The second kappa shape index (κ2) is 8.65. The molecule has 0 saturated carbocycles. The summed E-state index contributed by atoms with van der Waals surface area (Å²) in [6.45, 7) is 9.76. The Bertz CT molecular complexity index is 615. The van der Waals surface area contributed by atoms with E-state index < -0.39 is 17.9 Å². The second-order valence-electron chi connectivity index (χ2n) is 7.60. The molecule has 0 bridgehead atoms. The summed E-state index contributed by atoms with van der Waals surface area (Å²) in [6, 6.07) is 6.26. The van der Waals surface area contributed by atoms with Crippen LogP contribution < -0.4 is 10.6 Å². The molecule has 138 valence electrons. The lowest BCUT2D eigenvalue weighted by molar-refractivity contribution is -0.142. The van der Waals surface area contributed by atoms with E-state index in [0.29, 0.717) is 12.0 Å². The molecule has 1 aromatic carbocycles. The van der Waals surface area contributed by atoms with Crippen molar-refractivity contribution in [3.05, 3.63) is 35.4 Å². The van der Waals surface area contributed by atoms with Crippen LogP contribution in [0.5, 0.6) is 0 Å². The van der Waals surface area contributed by atoms with E-state index in [1.54, 1.807) is 12.1 Å². The van der Waals surface area contributed by atoms with Crippen LogP contribution in [0.2, 0.25) is 0 Å². The van der Waals surface area contributed by atoms with Gasteiger partial charge in [0.05, 0.1) is 6.54 Å². The molecule has 1 aromatic rings. The summed E-state index contributed by atoms with van der Waals surface area (Å²) >= 11 is 0. The fraction of sp³-hybridized carbons (Fsp3) is 0.526. The first-order valence-electron chi connectivity index (χ1n) is 8.41. The monoisotopic (exact) mass is 348 g/mol. The van der Waals surface area contributed by atoms with Crippen LogP contribution in [0.25, 0.3) is 0 Å². The minimum Gasteiger partial charge on any atom is -0.480 e. The third-order valence-corrected chi connectivity index (χ3v) is 3.76. The van der Waals surface area contributed by atoms with Gasteiger partial charge in [-0.1, -0.05) is 46.8 Å². The van der Waals surface area contributed by atoms with E-state index in [9.17, 15) is 14.4 Å². The topological polar surface area (TPSA) is 95.5 Å². The van der Waals surface area contributed by atoms with Crippen LogP contribution in [0.3, 0.4) is 0 Å². The first kappa shape index (κ1) is 20.7. The fourth-order valence-electron chi connectivity index (χ4n) is 2.32. The standard InChI is InChI=1S/C19H28N2O4/c1-12(2)10-15(18(24)25)21-16(22)11-20-17(23)13-6-8-14(9-7-13)19(3,4)5/h6-9,12,15H,10-11H2,1-5H3,(H,20,23)(H,21,22)(H,24,25)/t15-/m0/s1. The maximum Gasteiger partial charge on any atom is 0.326 e. The summed E-state index contributed by atoms with van der Waals surface area (Å²) in [4.78, 5) is 35.1. The van der Waals surface area contributed by atoms with Gasteiger partial charge in [0.25, 0.3) is 5.91 Å². The lowest BCUT2D eigenvalue weighted by Gasteiger charge is -2.19. The lowest BCUT2D eigenvalue weighted by Crippen LogP contribution is -2.46. The van der Waals surface area contributed by atoms with Crippen molar-refractivity contribution in [2.75, 3.05) is 6.54 Å². The summed E-state index contributed by atoms with van der Waals surface area (Å²) in [6.07, 6.45) is 0.337. The molecule has 6 nitrogen and oxygen atoms in total. The van der Waals surface area contributed by atoms with Gasteiger partial charge in [-0.05, 0) is 35.4 Å². The van der Waals surface area contributed by atoms with Crippen molar-refractivity contribution >= 4 is 17.8 Å². The fourth-order valence-corrected chi connectivity index (χ4v) is 2.32. The number of benzene rings is 1. The number of carboxylic acids is 1. The molecule has 0 saturated heterocycles. The molecule has 3 N–H and O–H groups in total. The van der Waals surface area contributed by atoms with Gasteiger partial charge < -0.3 is 15.7 Å². The number of hydrogen-bond donors (Lipinski definition) is 3. The van der Waals surface area contributed by atoms with Gasteiger partial charge in [0.1, 0.15) is 6.04 Å². The normalized spacial score (nSPS) is 12.6. The van der Waals surface area contributed by atoms with E-state index in [2.05, 4.69) is 31.4 Å². The molecule has 1 atom stereocenters. The first-order valence-corrected chi connectivity index (χ1v) is 8.41. The summed E-state index contributed by atoms with van der Waals surface area (Å²) in [5.74, 6) is -1.83. The third kappa shape index (κ3) is 6.95. The maximum atomic E-state index is 12.1. The molecule has 0 spiro atoms. The molecule has 0 heterocycles. The molecule has 0 fully saturated rings. The second-order valence-corrected chi connectivity index (χ2v) is 7.60. The van der Waals surface area contributed by atoms with E-state index in [0.717, 1.165) is 5.56 Å². The highest BCUT2D eigenvalue weighted by molar-refractivity contribution is 5.96. The minimum absolute atomic E-state index is 0.00283. The molecular formula is C19H28N2O4. The van der Waals surface area contributed by atoms with E-state index in [-0.39, 0.29) is 23.8 Å². The number of carbonyl (C=O) groups is 3. The highest BCUT2D eigenvalue weighted by Gasteiger charge is 2.21. The van der Waals surface area contributed by atoms with Crippen molar-refractivity contribution in [3.63, 3.8) is 0 Å². The molecule has 1 rings (SSSR count). The predicted octanol–water partition coefficient (Wildman–Crippen LogP) is 2.33. The SMILES string of the molecule is CC(C)C[C@H](NC(=O)CNC(=O)c1ccc(C(C)(C)C)cc1)C(=O)O. The van der Waals surface area contributed by atoms with Crippen molar-refractivity contribution in [2.24, 2.45) is 5.92 Å². The molecule has 0 aliphatic heterocycles. The zero-order valence-electron chi connectivity index (χ0n) is 15.6. The third-order valence-electron chi connectivity index (χ3n) is 3.76. The van der Waals surface area contributed by atoms with Gasteiger partial charge >= 0.3 is 5.97 Å². The molecule has 0 radical (unpaired) electrons. The van der Waals surface area contributed by atoms with Gasteiger partial charge in [0, 0.05) is 5.56 Å². The molecule has 6 heteroatoms. The van der Waals surface area contributed by atoms with Gasteiger partial charge in [-0.3, -0.25) is 9.59 Å². The van der Waals surface area contributed by atoms with E-state index >= 15 is 0 Å². The number of hydrogen-bond acceptors (Lipinski definition) is 3. The van der Waals surface area contributed by atoms with Crippen molar-refractivity contribution in [3.8, 4) is 0 Å². The Hall–Kier alpha value is -2.37. The quantitative estimate of drug-likeness (QED) is 0.705. The summed E-state index contributed by atoms with van der Waals surface area (Å²) < 4.78 is 0. The molecule has 0 aliphatic carbocycles. The number of rotatable bonds is 7. The maximum absolute atomic E-state index is 12.1. The van der Waals surface area contributed by atoms with E-state index in [4.69, 9.17) is 5.11 Å². The van der Waals surface area contributed by atoms with Crippen LogP contribution in [-0.2, 0) is 15.0 Å². The highest BCUT2D eigenvalue weighted by atomic mass is 16.4. The average molecular weight is 348 g/mol. The Kier molecular flexibility index (Phi) is 7.15. The van der Waals surface area contributed by atoms with Gasteiger partial charge in [0.15, 0.2) is 0 Å². The van der Waals surface area contributed by atoms with Gasteiger partial charge in [-0.15, -0.1) is 0 Å². The number of amides is 2. The summed E-state index contributed by atoms with van der Waals surface area (Å²) in [7, 11) is 0. The Morgan fingerprint density at radius 1 is 1.08 bits per heavy atom. The molecule has 0 unspecified atom stereocenters. The number of carboxylic acid groups (broad SMARTS) is 1. The largest absolute Gasteiger partial charge is 0.480 e. The van der Waals surface area contributed by atoms with Crippen molar-refractivity contribution in [1.29, 1.82) is 0 Å². The zero-order chi connectivity index (χ0) is 19.2. The Morgan fingerprint density at radius 2 is 1.64 bits per heavy atom. The van der Waals surface area contributed by atoms with Crippen LogP contribution in [0, 0.1) is 5.92 Å². The van der Waals surface area contributed by atoms with Gasteiger partial charge in [0.2, 0.25) is 5.91 Å². The Balaban J connectivity index is 2.58. The van der Waals surface area contributed by atoms with Crippen LogP contribution in [-0.4, -0.2) is 35.5 Å². The van der Waals surface area contributed by atoms with Crippen LogP contribution >= 0.6 is 0 Å². The summed E-state index contributed by atoms with van der Waals surface area (Å²) in [5.41, 5.74) is 1.56. The molecular weight excluding hydrogens is 320 g/mol. The molecule has 25 heavy (non-hydrogen) atoms. The first-order chi connectivity index (χ1) is 11.5. The molecule has 0 aromatic heterocycles. The number of carbonyl (C=O) groups excluding carboxylic acids is 2. The van der Waals surface area contributed by atoms with Gasteiger partial charge in [-0.2, -0.15) is 0 Å². The van der Waals surface area contributed by atoms with Crippen LogP contribution in [0.4, 0.5) is 0 Å². The van der Waals surface area contributed by atoms with Crippen molar-refractivity contribution in [1.82, 2.24) is 10.6 Å². The van der Waals surface area contributed by atoms with E-state index in [1.807, 2.05) is 26.0 Å². The number of aliphatic carboxylic acids is 1.